The number of H-pyrrole nitrogens is 1. The van der Waals surface area contributed by atoms with Crippen molar-refractivity contribution in [3.8, 4) is 17.1 Å². The number of halogens is 2. The SMILES string of the molecule is CCNC(=NCc1cccc(-c2ncn[nH]2)c1)NCC(C)Oc1ccccc1F.I. The average Bonchev–Trinajstić information content (AvgIpc) is 3.27. The molecule has 0 bridgehead atoms. The van der Waals surface area contributed by atoms with E-state index in [1.54, 1.807) is 18.2 Å². The molecule has 3 aromatic rings. The highest BCUT2D eigenvalue weighted by molar-refractivity contribution is 14.0. The minimum atomic E-state index is -0.369. The summed E-state index contributed by atoms with van der Waals surface area (Å²) >= 11 is 0. The molecule has 3 rings (SSSR count). The maximum Gasteiger partial charge on any atom is 0.191 e. The normalized spacial score (nSPS) is 12.0. The fourth-order valence-electron chi connectivity index (χ4n) is 2.71. The highest BCUT2D eigenvalue weighted by Crippen LogP contribution is 2.17. The number of nitrogens with one attached hydrogen (secondary N) is 3. The van der Waals surface area contributed by atoms with Crippen molar-refractivity contribution in [1.29, 1.82) is 0 Å². The summed E-state index contributed by atoms with van der Waals surface area (Å²) in [6.07, 6.45) is 1.25. The van der Waals surface area contributed by atoms with E-state index in [1.807, 2.05) is 38.1 Å². The van der Waals surface area contributed by atoms with Crippen LogP contribution in [0.1, 0.15) is 19.4 Å². The molecule has 0 spiro atoms. The topological polar surface area (TPSA) is 87.2 Å². The summed E-state index contributed by atoms with van der Waals surface area (Å²) in [7, 11) is 0. The molecule has 1 unspecified atom stereocenters. The molecule has 3 N–H and O–H groups in total. The summed E-state index contributed by atoms with van der Waals surface area (Å²) in [5, 5.41) is 13.2. The van der Waals surface area contributed by atoms with Gasteiger partial charge in [0, 0.05) is 12.1 Å². The first-order valence-corrected chi connectivity index (χ1v) is 9.53. The molecule has 1 aromatic heterocycles. The second-order valence-corrected chi connectivity index (χ2v) is 6.47. The Labute approximate surface area is 192 Å². The van der Waals surface area contributed by atoms with Gasteiger partial charge in [0.15, 0.2) is 23.4 Å². The van der Waals surface area contributed by atoms with Crippen LogP contribution in [0.15, 0.2) is 59.9 Å². The first-order chi connectivity index (χ1) is 14.2. The first-order valence-electron chi connectivity index (χ1n) is 9.53. The molecule has 0 saturated heterocycles. The van der Waals surface area contributed by atoms with Crippen LogP contribution in [0, 0.1) is 5.82 Å². The lowest BCUT2D eigenvalue weighted by Gasteiger charge is -2.18. The average molecular weight is 524 g/mol. The van der Waals surface area contributed by atoms with Crippen LogP contribution in [0.3, 0.4) is 0 Å². The molecule has 0 fully saturated rings. The first kappa shape index (κ1) is 23.6. The third-order valence-electron chi connectivity index (χ3n) is 4.10. The molecule has 0 aliphatic heterocycles. The van der Waals surface area contributed by atoms with Gasteiger partial charge in [-0.05, 0) is 37.6 Å². The lowest BCUT2D eigenvalue weighted by Crippen LogP contribution is -2.41. The Morgan fingerprint density at radius 1 is 1.20 bits per heavy atom. The molecular formula is C21H26FIN6O. The largest absolute Gasteiger partial charge is 0.486 e. The van der Waals surface area contributed by atoms with E-state index in [-0.39, 0.29) is 41.6 Å². The van der Waals surface area contributed by atoms with Gasteiger partial charge in [-0.1, -0.05) is 30.3 Å². The summed E-state index contributed by atoms with van der Waals surface area (Å²) in [5.41, 5.74) is 2.01. The molecule has 0 saturated carbocycles. The van der Waals surface area contributed by atoms with Crippen LogP contribution in [-0.4, -0.2) is 40.3 Å². The summed E-state index contributed by atoms with van der Waals surface area (Å²) in [5.74, 6) is 1.26. The van der Waals surface area contributed by atoms with Gasteiger partial charge >= 0.3 is 0 Å². The van der Waals surface area contributed by atoms with Gasteiger partial charge in [-0.15, -0.1) is 24.0 Å². The van der Waals surface area contributed by atoms with Crippen LogP contribution >= 0.6 is 24.0 Å². The summed E-state index contributed by atoms with van der Waals surface area (Å²) in [6, 6.07) is 14.4. The Morgan fingerprint density at radius 3 is 2.77 bits per heavy atom. The Bertz CT molecular complexity index is 935. The maximum atomic E-state index is 13.7. The Balaban J connectivity index is 0.00000320. The van der Waals surface area contributed by atoms with E-state index >= 15 is 0 Å². The Morgan fingerprint density at radius 2 is 2.03 bits per heavy atom. The minimum absolute atomic E-state index is 0. The lowest BCUT2D eigenvalue weighted by atomic mass is 10.1. The molecule has 0 aliphatic rings. The number of aromatic nitrogens is 3. The Kier molecular flexibility index (Phi) is 9.52. The number of rotatable bonds is 8. The molecule has 2 aromatic carbocycles. The lowest BCUT2D eigenvalue weighted by molar-refractivity contribution is 0.214. The number of ether oxygens (including phenoxy) is 1. The van der Waals surface area contributed by atoms with Gasteiger partial charge in [-0.3, -0.25) is 5.10 Å². The van der Waals surface area contributed by atoms with Crippen molar-refractivity contribution in [3.63, 3.8) is 0 Å². The van der Waals surface area contributed by atoms with E-state index in [4.69, 9.17) is 4.74 Å². The molecular weight excluding hydrogens is 498 g/mol. The van der Waals surface area contributed by atoms with Crippen molar-refractivity contribution in [2.45, 2.75) is 26.5 Å². The van der Waals surface area contributed by atoms with Gasteiger partial charge in [0.05, 0.1) is 13.1 Å². The number of aromatic amines is 1. The van der Waals surface area contributed by atoms with Crippen LogP contribution in [0.25, 0.3) is 11.4 Å². The zero-order chi connectivity index (χ0) is 20.5. The number of hydrogen-bond acceptors (Lipinski definition) is 4. The zero-order valence-electron chi connectivity index (χ0n) is 16.9. The van der Waals surface area contributed by atoms with Crippen LogP contribution in [0.5, 0.6) is 5.75 Å². The van der Waals surface area contributed by atoms with Crippen molar-refractivity contribution in [2.24, 2.45) is 4.99 Å². The van der Waals surface area contributed by atoms with Crippen LogP contribution in [0.2, 0.25) is 0 Å². The van der Waals surface area contributed by atoms with Crippen LogP contribution in [-0.2, 0) is 6.54 Å². The van der Waals surface area contributed by atoms with Gasteiger partial charge in [-0.25, -0.2) is 14.4 Å². The van der Waals surface area contributed by atoms with Crippen molar-refractivity contribution in [3.05, 3.63) is 66.2 Å². The summed E-state index contributed by atoms with van der Waals surface area (Å²) in [4.78, 5) is 8.80. The second kappa shape index (κ2) is 12.1. The standard InChI is InChI=1S/C21H25FN6O.HI/c1-3-23-21(24-12-15(2)29-19-10-5-4-9-18(19)22)25-13-16-7-6-8-17(11-16)20-26-14-27-28-20;/h4-11,14-15H,3,12-13H2,1-2H3,(H2,23,24,25)(H,26,27,28);1H. The zero-order valence-corrected chi connectivity index (χ0v) is 19.3. The highest BCUT2D eigenvalue weighted by atomic mass is 127. The molecule has 0 radical (unpaired) electrons. The second-order valence-electron chi connectivity index (χ2n) is 6.47. The highest BCUT2D eigenvalue weighted by Gasteiger charge is 2.09. The minimum Gasteiger partial charge on any atom is -0.486 e. The Hall–Kier alpha value is -2.69. The van der Waals surface area contributed by atoms with E-state index in [1.165, 1.54) is 12.4 Å². The maximum absolute atomic E-state index is 13.7. The molecule has 0 amide bonds. The van der Waals surface area contributed by atoms with Gasteiger partial charge in [0.1, 0.15) is 12.4 Å². The van der Waals surface area contributed by atoms with Gasteiger partial charge in [0.25, 0.3) is 0 Å². The fraction of sp³-hybridized carbons (Fsp3) is 0.286. The number of guanidine groups is 1. The fourth-order valence-corrected chi connectivity index (χ4v) is 2.71. The monoisotopic (exact) mass is 524 g/mol. The molecule has 0 aliphatic carbocycles. The number of aliphatic imine (C=N–C) groups is 1. The number of hydrogen-bond donors (Lipinski definition) is 3. The summed E-state index contributed by atoms with van der Waals surface area (Å²) < 4.78 is 19.4. The predicted octanol–water partition coefficient (Wildman–Crippen LogP) is 3.75. The van der Waals surface area contributed by atoms with E-state index in [2.05, 4.69) is 30.8 Å². The van der Waals surface area contributed by atoms with Crippen LogP contribution in [0.4, 0.5) is 4.39 Å². The predicted molar refractivity (Wildman–Crippen MR) is 127 cm³/mol. The quantitative estimate of drug-likeness (QED) is 0.238. The molecule has 1 atom stereocenters. The van der Waals surface area contributed by atoms with Crippen molar-refractivity contribution >= 4 is 29.9 Å². The van der Waals surface area contributed by atoms with E-state index in [0.717, 1.165) is 23.5 Å². The third kappa shape index (κ3) is 6.97. The van der Waals surface area contributed by atoms with Gasteiger partial charge in [0.2, 0.25) is 0 Å². The van der Waals surface area contributed by atoms with Gasteiger partial charge < -0.3 is 15.4 Å². The molecule has 30 heavy (non-hydrogen) atoms. The number of para-hydroxylation sites is 1. The van der Waals surface area contributed by atoms with Crippen molar-refractivity contribution < 1.29 is 9.13 Å². The number of benzene rings is 2. The summed E-state index contributed by atoms with van der Waals surface area (Å²) in [6.45, 7) is 5.59. The van der Waals surface area contributed by atoms with Crippen LogP contribution < -0.4 is 15.4 Å². The van der Waals surface area contributed by atoms with Crippen molar-refractivity contribution in [1.82, 2.24) is 25.8 Å². The molecule has 1 heterocycles. The van der Waals surface area contributed by atoms with E-state index < -0.39 is 0 Å². The van der Waals surface area contributed by atoms with Crippen molar-refractivity contribution in [2.75, 3.05) is 13.1 Å². The number of nitrogens with zero attached hydrogens (tertiary/aromatic N) is 3. The molecule has 160 valence electrons. The van der Waals surface area contributed by atoms with Gasteiger partial charge in [-0.2, -0.15) is 5.10 Å². The molecule has 7 nitrogen and oxygen atoms in total. The van der Waals surface area contributed by atoms with E-state index in [0.29, 0.717) is 19.0 Å². The molecule has 9 heteroatoms. The third-order valence-corrected chi connectivity index (χ3v) is 4.10. The smallest absolute Gasteiger partial charge is 0.191 e. The van der Waals surface area contributed by atoms with E-state index in [9.17, 15) is 4.39 Å².